The van der Waals surface area contributed by atoms with Crippen molar-refractivity contribution >= 4 is 39.9 Å². The van der Waals surface area contributed by atoms with Crippen molar-refractivity contribution in [3.8, 4) is 0 Å². The van der Waals surface area contributed by atoms with Crippen molar-refractivity contribution < 1.29 is 19.3 Å². The molecule has 0 bridgehead atoms. The van der Waals surface area contributed by atoms with Crippen LogP contribution in [-0.2, 0) is 12.8 Å². The number of primary amides is 1. The van der Waals surface area contributed by atoms with Crippen LogP contribution in [0.5, 0.6) is 0 Å². The Morgan fingerprint density at radius 1 is 1.19 bits per heavy atom. The predicted octanol–water partition coefficient (Wildman–Crippen LogP) is 2.60. The first-order chi connectivity index (χ1) is 12.9. The highest BCUT2D eigenvalue weighted by molar-refractivity contribution is 7.17. The molecular weight excluding hydrogens is 372 g/mol. The van der Waals surface area contributed by atoms with E-state index in [0.717, 1.165) is 42.2 Å². The Kier molecular flexibility index (Phi) is 5.17. The van der Waals surface area contributed by atoms with Gasteiger partial charge in [0.15, 0.2) is 0 Å². The second-order valence-electron chi connectivity index (χ2n) is 5.99. The van der Waals surface area contributed by atoms with Crippen molar-refractivity contribution in [1.82, 2.24) is 5.32 Å². The Morgan fingerprint density at radius 2 is 1.93 bits per heavy atom. The number of nitrogens with two attached hydrogens (primary N) is 1. The van der Waals surface area contributed by atoms with Gasteiger partial charge in [-0.1, -0.05) is 6.07 Å². The number of benzene rings is 1. The summed E-state index contributed by atoms with van der Waals surface area (Å²) in [6.45, 7) is 0. The van der Waals surface area contributed by atoms with Crippen molar-refractivity contribution in [2.45, 2.75) is 25.7 Å². The molecule has 0 spiro atoms. The van der Waals surface area contributed by atoms with Gasteiger partial charge in [-0.05, 0) is 37.3 Å². The highest BCUT2D eigenvalue weighted by Gasteiger charge is 2.25. The number of amides is 4. The van der Waals surface area contributed by atoms with E-state index in [4.69, 9.17) is 5.73 Å². The van der Waals surface area contributed by atoms with Crippen molar-refractivity contribution in [3.05, 3.63) is 55.9 Å². The maximum absolute atomic E-state index is 12.2. The third-order valence-corrected chi connectivity index (χ3v) is 5.40. The molecule has 140 valence electrons. The predicted molar refractivity (Wildman–Crippen MR) is 99.1 cm³/mol. The maximum atomic E-state index is 12.2. The van der Waals surface area contributed by atoms with Gasteiger partial charge in [0.2, 0.25) is 0 Å². The number of nitro groups is 1. The number of hydrogen-bond acceptors (Lipinski definition) is 6. The molecule has 27 heavy (non-hydrogen) atoms. The summed E-state index contributed by atoms with van der Waals surface area (Å²) >= 11 is 1.27. The molecule has 4 amide bonds. The van der Waals surface area contributed by atoms with Crippen LogP contribution in [0.3, 0.4) is 0 Å². The second kappa shape index (κ2) is 7.54. The number of urea groups is 1. The van der Waals surface area contributed by atoms with Crippen molar-refractivity contribution in [2.24, 2.45) is 5.73 Å². The SMILES string of the molecule is NC(=O)c1c(NC(=O)NC(=O)c2cccc([N+](=O)[O-])c2)sc2c1CCCC2. The summed E-state index contributed by atoms with van der Waals surface area (Å²) in [6.07, 6.45) is 3.49. The summed E-state index contributed by atoms with van der Waals surface area (Å²) in [4.78, 5) is 47.3. The lowest BCUT2D eigenvalue weighted by molar-refractivity contribution is -0.384. The van der Waals surface area contributed by atoms with E-state index in [1.165, 1.54) is 29.5 Å². The first-order valence-corrected chi connectivity index (χ1v) is 8.99. The van der Waals surface area contributed by atoms with Crippen LogP contribution in [-0.4, -0.2) is 22.8 Å². The van der Waals surface area contributed by atoms with E-state index in [-0.39, 0.29) is 16.8 Å². The molecule has 0 radical (unpaired) electrons. The molecule has 0 saturated carbocycles. The summed E-state index contributed by atoms with van der Waals surface area (Å²) in [5.41, 5.74) is 6.32. The number of fused-ring (bicyclic) bond motifs is 1. The van der Waals surface area contributed by atoms with Crippen LogP contribution in [0.2, 0.25) is 0 Å². The molecule has 0 aliphatic heterocycles. The van der Waals surface area contributed by atoms with Gasteiger partial charge in [0, 0.05) is 22.6 Å². The smallest absolute Gasteiger partial charge is 0.326 e. The number of hydrogen-bond donors (Lipinski definition) is 3. The summed E-state index contributed by atoms with van der Waals surface area (Å²) < 4.78 is 0. The molecule has 10 heteroatoms. The quantitative estimate of drug-likeness (QED) is 0.544. The van der Waals surface area contributed by atoms with Crippen molar-refractivity contribution in [3.63, 3.8) is 0 Å². The third kappa shape index (κ3) is 3.95. The Labute approximate surface area is 157 Å². The minimum atomic E-state index is -0.840. The minimum Gasteiger partial charge on any atom is -0.365 e. The maximum Gasteiger partial charge on any atom is 0.326 e. The van der Waals surface area contributed by atoms with E-state index < -0.39 is 22.8 Å². The zero-order chi connectivity index (χ0) is 19.6. The first kappa shape index (κ1) is 18.5. The van der Waals surface area contributed by atoms with Gasteiger partial charge < -0.3 is 5.73 Å². The first-order valence-electron chi connectivity index (χ1n) is 8.18. The number of carbonyl (C=O) groups excluding carboxylic acids is 3. The molecule has 0 saturated heterocycles. The topological polar surface area (TPSA) is 144 Å². The highest BCUT2D eigenvalue weighted by atomic mass is 32.1. The van der Waals surface area contributed by atoms with E-state index in [0.29, 0.717) is 5.00 Å². The van der Waals surface area contributed by atoms with Gasteiger partial charge in [0.1, 0.15) is 5.00 Å². The van der Waals surface area contributed by atoms with Crippen molar-refractivity contribution in [1.29, 1.82) is 0 Å². The number of aryl methyl sites for hydroxylation is 1. The van der Waals surface area contributed by atoms with Gasteiger partial charge in [0.05, 0.1) is 10.5 Å². The number of imide groups is 1. The average Bonchev–Trinajstić information content (AvgIpc) is 2.99. The molecule has 1 heterocycles. The van der Waals surface area contributed by atoms with E-state index >= 15 is 0 Å². The fraction of sp³-hybridized carbons (Fsp3) is 0.235. The van der Waals surface area contributed by atoms with Gasteiger partial charge in [-0.2, -0.15) is 0 Å². The molecule has 9 nitrogen and oxygen atoms in total. The summed E-state index contributed by atoms with van der Waals surface area (Å²) in [7, 11) is 0. The number of nitrogens with zero attached hydrogens (tertiary/aromatic N) is 1. The Balaban J connectivity index is 1.75. The summed E-state index contributed by atoms with van der Waals surface area (Å²) in [5, 5.41) is 15.7. The highest BCUT2D eigenvalue weighted by Crippen LogP contribution is 2.37. The normalized spacial score (nSPS) is 12.7. The van der Waals surface area contributed by atoms with Crippen LogP contribution >= 0.6 is 11.3 Å². The molecule has 2 aromatic rings. The standard InChI is InChI=1S/C17H16N4O5S/c18-14(22)13-11-6-1-2-7-12(11)27-16(13)20-17(24)19-15(23)9-4-3-5-10(8-9)21(25)26/h3-5,8H,1-2,6-7H2,(H2,18,22)(H2,19,20,23,24). The van der Waals surface area contributed by atoms with E-state index in [9.17, 15) is 24.5 Å². The van der Waals surface area contributed by atoms with E-state index in [1.54, 1.807) is 0 Å². The number of rotatable bonds is 4. The van der Waals surface area contributed by atoms with Gasteiger partial charge in [-0.3, -0.25) is 30.3 Å². The largest absolute Gasteiger partial charge is 0.365 e. The average molecular weight is 388 g/mol. The molecule has 1 aromatic heterocycles. The van der Waals surface area contributed by atoms with Crippen LogP contribution in [0.15, 0.2) is 24.3 Å². The van der Waals surface area contributed by atoms with Gasteiger partial charge in [-0.15, -0.1) is 11.3 Å². The van der Waals surface area contributed by atoms with Crippen LogP contribution in [0.25, 0.3) is 0 Å². The molecule has 1 aliphatic carbocycles. The van der Waals surface area contributed by atoms with Crippen LogP contribution in [0.4, 0.5) is 15.5 Å². The molecule has 0 unspecified atom stereocenters. The zero-order valence-corrected chi connectivity index (χ0v) is 14.9. The lowest BCUT2D eigenvalue weighted by atomic mass is 9.95. The van der Waals surface area contributed by atoms with E-state index in [1.807, 2.05) is 0 Å². The van der Waals surface area contributed by atoms with Crippen LogP contribution < -0.4 is 16.4 Å². The van der Waals surface area contributed by atoms with Crippen molar-refractivity contribution in [2.75, 3.05) is 5.32 Å². The number of nitro benzene ring substituents is 1. The number of anilines is 1. The number of nitrogens with one attached hydrogen (secondary N) is 2. The minimum absolute atomic E-state index is 0.0278. The summed E-state index contributed by atoms with van der Waals surface area (Å²) in [5.74, 6) is -1.42. The molecule has 1 aliphatic rings. The lowest BCUT2D eigenvalue weighted by Gasteiger charge is -2.11. The Bertz CT molecular complexity index is 953. The summed E-state index contributed by atoms with van der Waals surface area (Å²) in [6, 6.07) is 4.18. The molecule has 4 N–H and O–H groups in total. The number of thiophene rings is 1. The fourth-order valence-electron chi connectivity index (χ4n) is 2.98. The van der Waals surface area contributed by atoms with E-state index in [2.05, 4.69) is 10.6 Å². The van der Waals surface area contributed by atoms with Gasteiger partial charge in [0.25, 0.3) is 17.5 Å². The molecule has 0 fully saturated rings. The van der Waals surface area contributed by atoms with Crippen LogP contribution in [0.1, 0.15) is 44.0 Å². The monoisotopic (exact) mass is 388 g/mol. The second-order valence-corrected chi connectivity index (χ2v) is 7.10. The Hall–Kier alpha value is -3.27. The fourth-order valence-corrected chi connectivity index (χ4v) is 4.27. The molecule has 0 atom stereocenters. The molecule has 3 rings (SSSR count). The number of carbonyl (C=O) groups is 3. The molecule has 1 aromatic carbocycles. The van der Waals surface area contributed by atoms with Gasteiger partial charge >= 0.3 is 6.03 Å². The van der Waals surface area contributed by atoms with Gasteiger partial charge in [-0.25, -0.2) is 4.79 Å². The molecular formula is C17H16N4O5S. The third-order valence-electron chi connectivity index (χ3n) is 4.19. The van der Waals surface area contributed by atoms with Crippen LogP contribution in [0, 0.1) is 10.1 Å². The Morgan fingerprint density at radius 3 is 2.63 bits per heavy atom. The number of non-ortho nitro benzene ring substituents is 1. The zero-order valence-electron chi connectivity index (χ0n) is 14.1. The lowest BCUT2D eigenvalue weighted by Crippen LogP contribution is -2.34.